The van der Waals surface area contributed by atoms with E-state index in [4.69, 9.17) is 29.8 Å². The summed E-state index contributed by atoms with van der Waals surface area (Å²) < 4.78 is 22.4. The van der Waals surface area contributed by atoms with Crippen LogP contribution in [-0.2, 0) is 15.9 Å². The second-order valence-corrected chi connectivity index (χ2v) is 6.05. The number of ether oxygens (including phenoxy) is 2. The molecule has 7 nitrogen and oxygen atoms in total. The highest BCUT2D eigenvalue weighted by atomic mass is 16.6. The van der Waals surface area contributed by atoms with Crippen LogP contribution in [0.3, 0.4) is 0 Å². The Bertz CT molecular complexity index is 990. The molecule has 2 aliphatic heterocycles. The van der Waals surface area contributed by atoms with Crippen LogP contribution < -0.4 is 17.6 Å². The monoisotopic (exact) mass is 317 g/mol. The molecule has 1 unspecified atom stereocenters. The molecule has 0 saturated carbocycles. The molecule has 23 heavy (non-hydrogen) atoms. The van der Waals surface area contributed by atoms with Gasteiger partial charge in [0.15, 0.2) is 40.2 Å². The van der Waals surface area contributed by atoms with Gasteiger partial charge in [-0.15, -0.1) is 0 Å². The molecule has 6 rings (SSSR count). The van der Waals surface area contributed by atoms with Gasteiger partial charge >= 0.3 is 0 Å². The van der Waals surface area contributed by atoms with Gasteiger partial charge in [0.1, 0.15) is 0 Å². The van der Waals surface area contributed by atoms with Crippen LogP contribution in [0.1, 0.15) is 31.9 Å². The summed E-state index contributed by atoms with van der Waals surface area (Å²) in [5.41, 5.74) is 17.8. The summed E-state index contributed by atoms with van der Waals surface area (Å²) in [7, 11) is 0. The zero-order valence-corrected chi connectivity index (χ0v) is 12.0. The lowest BCUT2D eigenvalue weighted by Gasteiger charge is -2.14. The Morgan fingerprint density at radius 1 is 1.09 bits per heavy atom. The van der Waals surface area contributed by atoms with Crippen molar-refractivity contribution in [1.82, 2.24) is 6.15 Å². The molecule has 0 amide bonds. The Morgan fingerprint density at radius 3 is 2.52 bits per heavy atom. The highest BCUT2D eigenvalue weighted by molar-refractivity contribution is 6.14. The number of hydrogen-bond donors (Lipinski definition) is 3. The van der Waals surface area contributed by atoms with E-state index in [2.05, 4.69) is 6.92 Å². The highest BCUT2D eigenvalue weighted by Crippen LogP contribution is 2.60. The van der Waals surface area contributed by atoms with Crippen molar-refractivity contribution in [1.29, 1.82) is 0 Å². The maximum Gasteiger partial charge on any atom is 0.217 e. The van der Waals surface area contributed by atoms with Crippen LogP contribution in [0.4, 0.5) is 0 Å². The summed E-state index contributed by atoms with van der Waals surface area (Å²) in [5, 5.41) is 0. The van der Waals surface area contributed by atoms with Crippen LogP contribution in [0.2, 0.25) is 0 Å². The smallest absolute Gasteiger partial charge is 0.217 e. The second-order valence-electron chi connectivity index (χ2n) is 6.05. The SMILES string of the molecule is C.CCCc1c(C2=C3OC3C(N)(N)C3=C2O3)c2oc2c2oc12.N. The number of fused-ring (bicyclic) bond motifs is 4. The summed E-state index contributed by atoms with van der Waals surface area (Å²) in [5.74, 6) is 2.19. The molecule has 1 saturated heterocycles. The predicted molar refractivity (Wildman–Crippen MR) is 85.1 cm³/mol. The molecule has 1 aliphatic carbocycles. The molecule has 1 atom stereocenters. The van der Waals surface area contributed by atoms with E-state index in [1.807, 2.05) is 0 Å². The third-order valence-electron chi connectivity index (χ3n) is 4.59. The van der Waals surface area contributed by atoms with E-state index in [0.29, 0.717) is 5.76 Å². The molecule has 1 fully saturated rings. The molecule has 4 heterocycles. The maximum absolute atomic E-state index is 6.06. The Hall–Kier alpha value is -2.22. The van der Waals surface area contributed by atoms with E-state index in [-0.39, 0.29) is 19.7 Å². The fraction of sp³-hybridized carbons (Fsp3) is 0.375. The molecule has 1 aromatic carbocycles. The van der Waals surface area contributed by atoms with Crippen molar-refractivity contribution >= 4 is 27.9 Å². The van der Waals surface area contributed by atoms with Gasteiger partial charge < -0.3 is 35.9 Å². The Morgan fingerprint density at radius 2 is 1.78 bits per heavy atom. The van der Waals surface area contributed by atoms with Crippen LogP contribution in [0.15, 0.2) is 26.1 Å². The number of epoxide rings is 1. The maximum atomic E-state index is 6.06. The lowest BCUT2D eigenvalue weighted by Crippen LogP contribution is -2.54. The second kappa shape index (κ2) is 3.81. The fourth-order valence-corrected chi connectivity index (χ4v) is 3.41. The van der Waals surface area contributed by atoms with Crippen LogP contribution in [0.5, 0.6) is 0 Å². The van der Waals surface area contributed by atoms with E-state index >= 15 is 0 Å². The van der Waals surface area contributed by atoms with Crippen molar-refractivity contribution in [3.05, 3.63) is 28.4 Å². The summed E-state index contributed by atoms with van der Waals surface area (Å²) in [6, 6.07) is 0. The third kappa shape index (κ3) is 1.49. The van der Waals surface area contributed by atoms with Crippen molar-refractivity contribution in [2.75, 3.05) is 0 Å². The van der Waals surface area contributed by atoms with E-state index < -0.39 is 5.66 Å². The first-order valence-corrected chi connectivity index (χ1v) is 7.13. The molecule has 2 aromatic heterocycles. The van der Waals surface area contributed by atoms with Crippen molar-refractivity contribution in [3.63, 3.8) is 0 Å². The molecule has 7 heteroatoms. The van der Waals surface area contributed by atoms with Crippen LogP contribution in [-0.4, -0.2) is 11.8 Å². The zero-order chi connectivity index (χ0) is 14.1. The van der Waals surface area contributed by atoms with E-state index in [0.717, 1.165) is 57.8 Å². The molecule has 0 bridgehead atoms. The minimum Gasteiger partial charge on any atom is -0.478 e. The van der Waals surface area contributed by atoms with E-state index in [9.17, 15) is 0 Å². The van der Waals surface area contributed by atoms with Gasteiger partial charge in [-0.1, -0.05) is 20.8 Å². The van der Waals surface area contributed by atoms with Crippen molar-refractivity contribution in [3.8, 4) is 0 Å². The fourth-order valence-electron chi connectivity index (χ4n) is 3.41. The normalized spacial score (nSPS) is 23.3. The third-order valence-corrected chi connectivity index (χ3v) is 4.59. The number of allylic oxidation sites excluding steroid dienone is 1. The largest absolute Gasteiger partial charge is 0.478 e. The van der Waals surface area contributed by atoms with Gasteiger partial charge in [-0.3, -0.25) is 0 Å². The molecule has 122 valence electrons. The van der Waals surface area contributed by atoms with Crippen molar-refractivity contribution in [2.24, 2.45) is 11.5 Å². The predicted octanol–water partition coefficient (Wildman–Crippen LogP) is 2.78. The number of nitrogens with two attached hydrogens (primary N) is 2. The Balaban J connectivity index is 0.000000676. The number of benzene rings is 1. The van der Waals surface area contributed by atoms with E-state index in [1.165, 1.54) is 5.56 Å². The van der Waals surface area contributed by atoms with Crippen molar-refractivity contribution in [2.45, 2.75) is 39.0 Å². The Labute approximate surface area is 132 Å². The van der Waals surface area contributed by atoms with Crippen LogP contribution in [0.25, 0.3) is 27.9 Å². The lowest BCUT2D eigenvalue weighted by atomic mass is 9.90. The van der Waals surface area contributed by atoms with Gasteiger partial charge in [0.2, 0.25) is 11.2 Å². The average Bonchev–Trinajstić information content (AvgIpc) is 3.30. The van der Waals surface area contributed by atoms with Gasteiger partial charge in [-0.2, -0.15) is 0 Å². The van der Waals surface area contributed by atoms with Gasteiger partial charge in [0.25, 0.3) is 0 Å². The minimum absolute atomic E-state index is 0. The van der Waals surface area contributed by atoms with Crippen LogP contribution in [0, 0.1) is 0 Å². The molecular formula is C16H19N3O4. The lowest BCUT2D eigenvalue weighted by molar-refractivity contribution is 0.288. The Kier molecular flexibility index (Phi) is 2.38. The number of rotatable bonds is 3. The quantitative estimate of drug-likeness (QED) is 0.498. The summed E-state index contributed by atoms with van der Waals surface area (Å²) in [6.07, 6.45) is 1.66. The van der Waals surface area contributed by atoms with Crippen molar-refractivity contribution < 1.29 is 18.3 Å². The molecule has 0 radical (unpaired) electrons. The summed E-state index contributed by atoms with van der Waals surface area (Å²) in [6.45, 7) is 2.14. The molecule has 7 N–H and O–H groups in total. The standard InChI is InChI=1S/C15H12N2O4.CH4.H3N/c1-2-3-4-5(8-12(19-8)11-7(4)18-11)6-9-13(20-9)15(16,17)14-10(6)21-14;;/h13H,2-3,16-17H2,1H3;1H4;1H3. The molecule has 0 spiro atoms. The molecular weight excluding hydrogens is 298 g/mol. The first kappa shape index (κ1) is 14.4. The summed E-state index contributed by atoms with van der Waals surface area (Å²) in [4.78, 5) is 0. The average molecular weight is 317 g/mol. The molecule has 3 aliphatic rings. The van der Waals surface area contributed by atoms with E-state index in [1.54, 1.807) is 0 Å². The first-order valence-electron chi connectivity index (χ1n) is 7.13. The zero-order valence-electron chi connectivity index (χ0n) is 12.0. The highest BCUT2D eigenvalue weighted by Gasteiger charge is 2.64. The van der Waals surface area contributed by atoms with Gasteiger partial charge in [0, 0.05) is 11.1 Å². The molecule has 3 aromatic rings. The summed E-state index contributed by atoms with van der Waals surface area (Å²) >= 11 is 0. The van der Waals surface area contributed by atoms with Gasteiger partial charge in [0.05, 0.1) is 5.57 Å². The van der Waals surface area contributed by atoms with Gasteiger partial charge in [-0.25, -0.2) is 0 Å². The minimum atomic E-state index is -1.03. The topological polar surface area (TPSA) is 138 Å². The first-order chi connectivity index (χ1) is 10.1. The van der Waals surface area contributed by atoms with Crippen LogP contribution >= 0.6 is 0 Å². The number of hydrogen-bond acceptors (Lipinski definition) is 7. The number of aryl methyl sites for hydroxylation is 1. The van der Waals surface area contributed by atoms with Gasteiger partial charge in [-0.05, 0) is 6.42 Å².